The monoisotopic (exact) mass is 379 g/mol. The van der Waals surface area contributed by atoms with Crippen LogP contribution in [0.2, 0.25) is 0 Å². The molecule has 0 spiro atoms. The van der Waals surface area contributed by atoms with Crippen LogP contribution in [0.1, 0.15) is 75.6 Å². The Morgan fingerprint density at radius 1 is 1.08 bits per heavy atom. The highest BCUT2D eigenvalue weighted by Crippen LogP contribution is 2.27. The lowest BCUT2D eigenvalue weighted by atomic mass is 10.1. The molecule has 6 heteroatoms. The van der Waals surface area contributed by atoms with E-state index >= 15 is 0 Å². The van der Waals surface area contributed by atoms with Crippen molar-refractivity contribution < 1.29 is 18.0 Å². The van der Waals surface area contributed by atoms with E-state index in [1.54, 1.807) is 12.1 Å². The minimum Gasteiger partial charge on any atom is -0.278 e. The molecular weight excluding hydrogens is 350 g/mol. The van der Waals surface area contributed by atoms with Crippen molar-refractivity contribution in [1.82, 2.24) is 4.90 Å². The lowest BCUT2D eigenvalue weighted by Crippen LogP contribution is -2.37. The van der Waals surface area contributed by atoms with Gasteiger partial charge in [-0.1, -0.05) is 45.2 Å². The van der Waals surface area contributed by atoms with Crippen LogP contribution in [-0.4, -0.2) is 36.9 Å². The first-order chi connectivity index (χ1) is 12.4. The highest BCUT2D eigenvalue weighted by atomic mass is 32.2. The van der Waals surface area contributed by atoms with Crippen molar-refractivity contribution >= 4 is 21.7 Å². The summed E-state index contributed by atoms with van der Waals surface area (Å²) < 4.78 is 26.4. The van der Waals surface area contributed by atoms with E-state index in [9.17, 15) is 18.0 Å². The molecule has 0 N–H and O–H groups in total. The van der Waals surface area contributed by atoms with E-state index in [0.29, 0.717) is 25.8 Å². The van der Waals surface area contributed by atoms with Gasteiger partial charge in [0.1, 0.15) is 0 Å². The number of carbonyl (C=O) groups excluding carboxylic acids is 2. The summed E-state index contributed by atoms with van der Waals surface area (Å²) in [5.74, 6) is -0.693. The largest absolute Gasteiger partial charge is 0.278 e. The van der Waals surface area contributed by atoms with Crippen LogP contribution in [0.3, 0.4) is 0 Å². The van der Waals surface area contributed by atoms with Crippen molar-refractivity contribution in [1.29, 1.82) is 0 Å². The number of benzene rings is 1. The minimum atomic E-state index is -3.63. The highest BCUT2D eigenvalue weighted by Gasteiger charge is 2.33. The predicted octanol–water partition coefficient (Wildman–Crippen LogP) is 3.97. The van der Waals surface area contributed by atoms with Crippen molar-refractivity contribution in [2.75, 3.05) is 6.54 Å². The molecule has 0 radical (unpaired) electrons. The summed E-state index contributed by atoms with van der Waals surface area (Å²) in [4.78, 5) is 26.6. The third kappa shape index (κ3) is 4.53. The first-order valence-corrected chi connectivity index (χ1v) is 11.2. The van der Waals surface area contributed by atoms with Crippen molar-refractivity contribution in [3.8, 4) is 0 Å². The number of nitrogens with zero attached hydrogens (tertiary/aromatic N) is 1. The highest BCUT2D eigenvalue weighted by molar-refractivity contribution is 7.92. The van der Waals surface area contributed by atoms with Crippen LogP contribution < -0.4 is 0 Å². The summed E-state index contributed by atoms with van der Waals surface area (Å²) in [7, 11) is -3.63. The van der Waals surface area contributed by atoms with Crippen LogP contribution in [-0.2, 0) is 14.6 Å². The Morgan fingerprint density at radius 3 is 2.38 bits per heavy atom. The molecule has 0 atom stereocenters. The molecule has 0 unspecified atom stereocenters. The normalized spacial score (nSPS) is 16.0. The lowest BCUT2D eigenvalue weighted by molar-refractivity contribution is -0.128. The van der Waals surface area contributed by atoms with Gasteiger partial charge < -0.3 is 0 Å². The van der Waals surface area contributed by atoms with Gasteiger partial charge in [-0.3, -0.25) is 14.5 Å². The van der Waals surface area contributed by atoms with Crippen LogP contribution in [0.4, 0.5) is 0 Å². The van der Waals surface area contributed by atoms with E-state index in [1.165, 1.54) is 17.0 Å². The standard InChI is InChI=1S/C20H29NO4S/c1-3-10-16(11-4-2)26(24,25)18-13-8-7-12-17(18)20(23)21-15-9-5-6-14-19(21)22/h7-8,12-13,16H,3-6,9-11,14-15H2,1-2H3. The second-order valence-corrected chi connectivity index (χ2v) is 9.10. The van der Waals surface area contributed by atoms with Gasteiger partial charge in [0.2, 0.25) is 5.91 Å². The van der Waals surface area contributed by atoms with E-state index in [1.807, 2.05) is 13.8 Å². The van der Waals surface area contributed by atoms with Gasteiger partial charge in [-0.25, -0.2) is 8.42 Å². The van der Waals surface area contributed by atoms with Gasteiger partial charge in [-0.2, -0.15) is 0 Å². The van der Waals surface area contributed by atoms with Gasteiger partial charge in [0.05, 0.1) is 15.7 Å². The van der Waals surface area contributed by atoms with Crippen molar-refractivity contribution in [3.63, 3.8) is 0 Å². The summed E-state index contributed by atoms with van der Waals surface area (Å²) in [6, 6.07) is 6.33. The molecule has 5 nitrogen and oxygen atoms in total. The Balaban J connectivity index is 2.43. The summed E-state index contributed by atoms with van der Waals surface area (Å²) in [6.07, 6.45) is 5.47. The van der Waals surface area contributed by atoms with E-state index in [4.69, 9.17) is 0 Å². The molecule has 0 aromatic heterocycles. The van der Waals surface area contributed by atoms with Crippen molar-refractivity contribution in [2.45, 2.75) is 75.4 Å². The molecule has 1 saturated heterocycles. The van der Waals surface area contributed by atoms with Crippen molar-refractivity contribution in [3.05, 3.63) is 29.8 Å². The fourth-order valence-corrected chi connectivity index (χ4v) is 5.69. The van der Waals surface area contributed by atoms with E-state index in [0.717, 1.165) is 32.1 Å². The fraction of sp³-hybridized carbons (Fsp3) is 0.600. The first kappa shape index (κ1) is 20.6. The number of sulfone groups is 1. The molecule has 1 heterocycles. The lowest BCUT2D eigenvalue weighted by Gasteiger charge is -2.22. The van der Waals surface area contributed by atoms with Crippen LogP contribution in [0.15, 0.2) is 29.2 Å². The smallest absolute Gasteiger partial charge is 0.261 e. The Labute approximate surface area is 156 Å². The SMILES string of the molecule is CCCC(CCC)S(=O)(=O)c1ccccc1C(=O)N1CCCCCC1=O. The third-order valence-electron chi connectivity index (χ3n) is 4.90. The number of carbonyl (C=O) groups is 2. The Bertz CT molecular complexity index is 736. The number of hydrogen-bond donors (Lipinski definition) is 0. The van der Waals surface area contributed by atoms with Gasteiger partial charge in [0, 0.05) is 13.0 Å². The zero-order valence-electron chi connectivity index (χ0n) is 15.7. The zero-order chi connectivity index (χ0) is 19.2. The van der Waals surface area contributed by atoms with Crippen LogP contribution in [0.5, 0.6) is 0 Å². The molecule has 1 aromatic carbocycles. The van der Waals surface area contributed by atoms with Crippen LogP contribution >= 0.6 is 0 Å². The zero-order valence-corrected chi connectivity index (χ0v) is 16.6. The molecule has 26 heavy (non-hydrogen) atoms. The molecule has 144 valence electrons. The fourth-order valence-electron chi connectivity index (χ4n) is 3.51. The molecule has 1 aliphatic heterocycles. The minimum absolute atomic E-state index is 0.0638. The van der Waals surface area contributed by atoms with Gasteiger partial charge in [0.15, 0.2) is 9.84 Å². The van der Waals surface area contributed by atoms with Gasteiger partial charge in [0.25, 0.3) is 5.91 Å². The maximum atomic E-state index is 13.2. The van der Waals surface area contributed by atoms with E-state index < -0.39 is 21.0 Å². The molecule has 2 rings (SSSR count). The molecular formula is C20H29NO4S. The second kappa shape index (κ2) is 9.31. The molecule has 1 aromatic rings. The average molecular weight is 380 g/mol. The molecule has 2 amide bonds. The van der Waals surface area contributed by atoms with Gasteiger partial charge >= 0.3 is 0 Å². The van der Waals surface area contributed by atoms with E-state index in [2.05, 4.69) is 0 Å². The Morgan fingerprint density at radius 2 is 1.73 bits per heavy atom. The Hall–Kier alpha value is -1.69. The molecule has 0 bridgehead atoms. The topological polar surface area (TPSA) is 71.5 Å². The molecule has 0 aliphatic carbocycles. The van der Waals surface area contributed by atoms with E-state index in [-0.39, 0.29) is 16.4 Å². The number of hydrogen-bond acceptors (Lipinski definition) is 4. The Kier molecular flexibility index (Phi) is 7.38. The summed E-state index contributed by atoms with van der Waals surface area (Å²) >= 11 is 0. The number of rotatable bonds is 7. The predicted molar refractivity (Wildman–Crippen MR) is 102 cm³/mol. The molecule has 0 saturated carbocycles. The molecule has 1 fully saturated rings. The second-order valence-electron chi connectivity index (χ2n) is 6.90. The summed E-state index contributed by atoms with van der Waals surface area (Å²) in [5, 5.41) is -0.494. The maximum Gasteiger partial charge on any atom is 0.261 e. The van der Waals surface area contributed by atoms with Crippen LogP contribution in [0.25, 0.3) is 0 Å². The third-order valence-corrected chi connectivity index (χ3v) is 7.22. The molecule has 1 aliphatic rings. The summed E-state index contributed by atoms with van der Waals surface area (Å²) in [5.41, 5.74) is 0.125. The maximum absolute atomic E-state index is 13.2. The number of likely N-dealkylation sites (tertiary alicyclic amines) is 1. The first-order valence-electron chi connectivity index (χ1n) is 9.61. The van der Waals surface area contributed by atoms with Crippen LogP contribution in [0, 0.1) is 0 Å². The van der Waals surface area contributed by atoms with Gasteiger partial charge in [-0.15, -0.1) is 0 Å². The van der Waals surface area contributed by atoms with Crippen molar-refractivity contribution in [2.24, 2.45) is 0 Å². The van der Waals surface area contributed by atoms with Gasteiger partial charge in [-0.05, 0) is 37.8 Å². The number of imide groups is 1. The summed E-state index contributed by atoms with van der Waals surface area (Å²) in [6.45, 7) is 4.29. The average Bonchev–Trinajstić information content (AvgIpc) is 2.85. The number of amides is 2. The quantitative estimate of drug-likeness (QED) is 0.672.